The van der Waals surface area contributed by atoms with Crippen LogP contribution in [0.1, 0.15) is 31.4 Å². The maximum absolute atomic E-state index is 4.22. The van der Waals surface area contributed by atoms with Crippen molar-refractivity contribution < 1.29 is 0 Å². The quantitative estimate of drug-likeness (QED) is 0.858. The number of aryl methyl sites for hydroxylation is 1. The Balaban J connectivity index is 1.75. The van der Waals surface area contributed by atoms with Crippen LogP contribution in [0.2, 0.25) is 0 Å². The normalized spacial score (nSPS) is 24.7. The zero-order valence-corrected chi connectivity index (χ0v) is 11.9. The van der Waals surface area contributed by atoms with Gasteiger partial charge in [-0.3, -0.25) is 4.68 Å². The molecule has 1 saturated carbocycles. The molecule has 0 atom stereocenters. The first-order valence-electron chi connectivity index (χ1n) is 7.05. The Hall–Kier alpha value is -0.870. The highest BCUT2D eigenvalue weighted by molar-refractivity contribution is 5.00. The summed E-state index contributed by atoms with van der Waals surface area (Å²) < 4.78 is 1.98. The summed E-state index contributed by atoms with van der Waals surface area (Å²) in [4.78, 5) is 2.53. The second-order valence-electron chi connectivity index (χ2n) is 5.47. The summed E-state index contributed by atoms with van der Waals surface area (Å²) in [5.74, 6) is 0. The number of nitrogens with zero attached hydrogens (tertiary/aromatic N) is 3. The van der Waals surface area contributed by atoms with Gasteiger partial charge in [-0.05, 0) is 45.8 Å². The molecule has 18 heavy (non-hydrogen) atoms. The third-order valence-electron chi connectivity index (χ3n) is 4.37. The molecule has 4 nitrogen and oxygen atoms in total. The van der Waals surface area contributed by atoms with Crippen LogP contribution in [0.3, 0.4) is 0 Å². The lowest BCUT2D eigenvalue weighted by molar-refractivity contribution is 0.177. The summed E-state index contributed by atoms with van der Waals surface area (Å²) in [5.41, 5.74) is 1.32. The van der Waals surface area contributed by atoms with E-state index in [1.54, 1.807) is 0 Å². The molecule has 1 aliphatic carbocycles. The third-order valence-corrected chi connectivity index (χ3v) is 4.37. The summed E-state index contributed by atoms with van der Waals surface area (Å²) in [6.45, 7) is 1.13. The van der Waals surface area contributed by atoms with Crippen LogP contribution in [0.5, 0.6) is 0 Å². The fourth-order valence-corrected chi connectivity index (χ4v) is 2.93. The first-order chi connectivity index (χ1) is 8.70. The molecule has 0 saturated heterocycles. The maximum atomic E-state index is 4.22. The minimum Gasteiger partial charge on any atom is -0.317 e. The highest BCUT2D eigenvalue weighted by Crippen LogP contribution is 2.22. The van der Waals surface area contributed by atoms with Gasteiger partial charge in [0.2, 0.25) is 0 Å². The number of hydrogen-bond acceptors (Lipinski definition) is 3. The molecule has 0 amide bonds. The van der Waals surface area contributed by atoms with E-state index in [1.165, 1.54) is 31.4 Å². The van der Waals surface area contributed by atoms with E-state index in [0.717, 1.165) is 25.0 Å². The van der Waals surface area contributed by atoms with E-state index in [-0.39, 0.29) is 0 Å². The zero-order chi connectivity index (χ0) is 13.0. The minimum atomic E-state index is 0.742. The van der Waals surface area contributed by atoms with Gasteiger partial charge in [-0.25, -0.2) is 0 Å². The first-order valence-corrected chi connectivity index (χ1v) is 7.05. The Kier molecular flexibility index (Phi) is 4.78. The van der Waals surface area contributed by atoms with Gasteiger partial charge in [-0.2, -0.15) is 5.10 Å². The molecule has 1 N–H and O–H groups in total. The van der Waals surface area contributed by atoms with Gasteiger partial charge < -0.3 is 10.2 Å². The van der Waals surface area contributed by atoms with Crippen LogP contribution in [-0.4, -0.2) is 47.4 Å². The molecule has 102 valence electrons. The molecular formula is C14H26N4. The van der Waals surface area contributed by atoms with Gasteiger partial charge in [-0.15, -0.1) is 0 Å². The Morgan fingerprint density at radius 1 is 1.39 bits per heavy atom. The lowest BCUT2D eigenvalue weighted by Crippen LogP contribution is -2.40. The second-order valence-corrected chi connectivity index (χ2v) is 5.47. The lowest BCUT2D eigenvalue weighted by atomic mass is 9.90. The van der Waals surface area contributed by atoms with Crippen molar-refractivity contribution in [3.05, 3.63) is 18.0 Å². The van der Waals surface area contributed by atoms with Crippen LogP contribution in [-0.2, 0) is 13.5 Å². The van der Waals surface area contributed by atoms with E-state index in [4.69, 9.17) is 0 Å². The van der Waals surface area contributed by atoms with Crippen LogP contribution in [0.15, 0.2) is 12.3 Å². The van der Waals surface area contributed by atoms with Crippen LogP contribution >= 0.6 is 0 Å². The van der Waals surface area contributed by atoms with E-state index in [9.17, 15) is 0 Å². The summed E-state index contributed by atoms with van der Waals surface area (Å²) in [5, 5.41) is 7.61. The minimum absolute atomic E-state index is 0.742. The first kappa shape index (κ1) is 13.6. The van der Waals surface area contributed by atoms with E-state index in [0.29, 0.717) is 0 Å². The van der Waals surface area contributed by atoms with Crippen LogP contribution in [0, 0.1) is 0 Å². The highest BCUT2D eigenvalue weighted by Gasteiger charge is 2.22. The molecule has 4 heteroatoms. The van der Waals surface area contributed by atoms with Crippen molar-refractivity contribution in [3.8, 4) is 0 Å². The van der Waals surface area contributed by atoms with Crippen molar-refractivity contribution in [3.63, 3.8) is 0 Å². The number of hydrogen-bond donors (Lipinski definition) is 1. The van der Waals surface area contributed by atoms with Gasteiger partial charge in [0.1, 0.15) is 0 Å². The molecule has 1 aliphatic rings. The molecule has 0 aromatic carbocycles. The predicted octanol–water partition coefficient (Wildman–Crippen LogP) is 1.42. The van der Waals surface area contributed by atoms with Gasteiger partial charge in [0.25, 0.3) is 0 Å². The average Bonchev–Trinajstić information content (AvgIpc) is 2.81. The molecule has 1 aromatic rings. The predicted molar refractivity (Wildman–Crippen MR) is 74.6 cm³/mol. The van der Waals surface area contributed by atoms with Gasteiger partial charge >= 0.3 is 0 Å². The van der Waals surface area contributed by atoms with Crippen LogP contribution < -0.4 is 5.32 Å². The summed E-state index contributed by atoms with van der Waals surface area (Å²) in [7, 11) is 6.37. The van der Waals surface area contributed by atoms with Gasteiger partial charge in [0, 0.05) is 44.0 Å². The SMILES string of the molecule is CNC1CCC(N(C)CCc2ccnn2C)CC1. The Morgan fingerprint density at radius 2 is 2.11 bits per heavy atom. The molecular weight excluding hydrogens is 224 g/mol. The van der Waals surface area contributed by atoms with E-state index in [2.05, 4.69) is 35.5 Å². The molecule has 0 bridgehead atoms. The molecule has 1 aromatic heterocycles. The van der Waals surface area contributed by atoms with Crippen molar-refractivity contribution in [1.29, 1.82) is 0 Å². The number of nitrogens with one attached hydrogen (secondary N) is 1. The third kappa shape index (κ3) is 3.33. The number of aromatic nitrogens is 2. The maximum Gasteiger partial charge on any atom is 0.0492 e. The van der Waals surface area contributed by atoms with E-state index >= 15 is 0 Å². The number of rotatable bonds is 5. The van der Waals surface area contributed by atoms with Crippen molar-refractivity contribution in [2.75, 3.05) is 20.6 Å². The van der Waals surface area contributed by atoms with Crippen molar-refractivity contribution in [2.45, 2.75) is 44.2 Å². The van der Waals surface area contributed by atoms with E-state index in [1.807, 2.05) is 17.9 Å². The zero-order valence-electron chi connectivity index (χ0n) is 11.9. The van der Waals surface area contributed by atoms with Crippen LogP contribution in [0.25, 0.3) is 0 Å². The summed E-state index contributed by atoms with van der Waals surface area (Å²) in [6.07, 6.45) is 8.27. The van der Waals surface area contributed by atoms with Crippen molar-refractivity contribution >= 4 is 0 Å². The molecule has 0 aliphatic heterocycles. The standard InChI is InChI=1S/C14H26N4/c1-15-12-4-6-13(7-5-12)17(2)11-9-14-8-10-16-18(14)3/h8,10,12-13,15H,4-7,9,11H2,1-3H3. The molecule has 2 rings (SSSR count). The Labute approximate surface area is 110 Å². The second kappa shape index (κ2) is 6.34. The van der Waals surface area contributed by atoms with Crippen molar-refractivity contribution in [2.24, 2.45) is 7.05 Å². The summed E-state index contributed by atoms with van der Waals surface area (Å²) in [6, 6.07) is 3.63. The fourth-order valence-electron chi connectivity index (χ4n) is 2.93. The topological polar surface area (TPSA) is 33.1 Å². The van der Waals surface area contributed by atoms with Gasteiger partial charge in [-0.1, -0.05) is 0 Å². The van der Waals surface area contributed by atoms with E-state index < -0.39 is 0 Å². The largest absolute Gasteiger partial charge is 0.317 e. The Morgan fingerprint density at radius 3 is 2.67 bits per heavy atom. The lowest BCUT2D eigenvalue weighted by Gasteiger charge is -2.34. The molecule has 0 unspecified atom stereocenters. The molecule has 1 fully saturated rings. The molecule has 0 spiro atoms. The number of likely N-dealkylation sites (N-methyl/N-ethyl adjacent to an activating group) is 1. The van der Waals surface area contributed by atoms with Gasteiger partial charge in [0.05, 0.1) is 0 Å². The Bertz CT molecular complexity index is 352. The monoisotopic (exact) mass is 250 g/mol. The summed E-state index contributed by atoms with van der Waals surface area (Å²) >= 11 is 0. The highest BCUT2D eigenvalue weighted by atomic mass is 15.3. The fraction of sp³-hybridized carbons (Fsp3) is 0.786. The molecule has 0 radical (unpaired) electrons. The van der Waals surface area contributed by atoms with Crippen LogP contribution in [0.4, 0.5) is 0 Å². The molecule has 1 heterocycles. The smallest absolute Gasteiger partial charge is 0.0492 e. The average molecular weight is 250 g/mol. The van der Waals surface area contributed by atoms with Gasteiger partial charge in [0.15, 0.2) is 0 Å². The van der Waals surface area contributed by atoms with Crippen molar-refractivity contribution in [1.82, 2.24) is 20.0 Å².